The van der Waals surface area contributed by atoms with Crippen LogP contribution in [0.15, 0.2) is 17.6 Å². The van der Waals surface area contributed by atoms with Crippen LogP contribution in [0.4, 0.5) is 0 Å². The van der Waals surface area contributed by atoms with Gasteiger partial charge in [-0.25, -0.2) is 0 Å². The maximum atomic E-state index is 5.96. The van der Waals surface area contributed by atoms with Crippen LogP contribution in [0.1, 0.15) is 26.2 Å². The first kappa shape index (κ1) is 14.0. The Hall–Kier alpha value is -1.03. The fourth-order valence-electron chi connectivity index (χ4n) is 1.99. The van der Waals surface area contributed by atoms with Crippen molar-refractivity contribution in [1.29, 1.82) is 0 Å². The molecule has 0 bridgehead atoms. The predicted octanol–water partition coefficient (Wildman–Crippen LogP) is 1.63. The average Bonchev–Trinajstić information content (AvgIpc) is 2.33. The van der Waals surface area contributed by atoms with Crippen molar-refractivity contribution in [1.82, 2.24) is 4.90 Å². The Labute approximate surface area is 105 Å². The van der Waals surface area contributed by atoms with Crippen LogP contribution in [-0.2, 0) is 4.74 Å². The number of hydrogen-bond acceptors (Lipinski definition) is 2. The number of aliphatic imine (C=N–C) groups is 1. The summed E-state index contributed by atoms with van der Waals surface area (Å²) < 4.78 is 5.38. The maximum Gasteiger partial charge on any atom is 0.191 e. The van der Waals surface area contributed by atoms with Gasteiger partial charge in [0.1, 0.15) is 0 Å². The van der Waals surface area contributed by atoms with Crippen molar-refractivity contribution in [2.75, 3.05) is 32.8 Å². The molecule has 1 aliphatic rings. The molecule has 1 fully saturated rings. The van der Waals surface area contributed by atoms with Crippen LogP contribution in [0.3, 0.4) is 0 Å². The summed E-state index contributed by atoms with van der Waals surface area (Å²) in [7, 11) is 0. The average molecular weight is 239 g/mol. The number of rotatable bonds is 6. The molecule has 0 aromatic heterocycles. The minimum Gasteiger partial charge on any atom is -0.379 e. The molecule has 0 aromatic rings. The summed E-state index contributed by atoms with van der Waals surface area (Å²) in [6.45, 7) is 9.98. The lowest BCUT2D eigenvalue weighted by Crippen LogP contribution is -2.43. The Morgan fingerprint density at radius 3 is 3.12 bits per heavy atom. The number of piperidine rings is 1. The van der Waals surface area contributed by atoms with Crippen LogP contribution in [0, 0.1) is 5.92 Å². The molecule has 0 unspecified atom stereocenters. The molecule has 0 amide bonds. The Morgan fingerprint density at radius 1 is 1.59 bits per heavy atom. The van der Waals surface area contributed by atoms with Gasteiger partial charge in [-0.05, 0) is 25.2 Å². The normalized spacial score (nSPS) is 21.6. The van der Waals surface area contributed by atoms with E-state index < -0.39 is 0 Å². The van der Waals surface area contributed by atoms with E-state index in [1.165, 1.54) is 12.8 Å². The van der Waals surface area contributed by atoms with Gasteiger partial charge in [-0.3, -0.25) is 4.99 Å². The molecule has 2 N–H and O–H groups in total. The van der Waals surface area contributed by atoms with E-state index in [1.807, 2.05) is 6.08 Å². The molecular formula is C13H25N3O. The van der Waals surface area contributed by atoms with E-state index in [0.717, 1.165) is 32.0 Å². The van der Waals surface area contributed by atoms with E-state index in [0.29, 0.717) is 19.1 Å². The predicted molar refractivity (Wildman–Crippen MR) is 72.1 cm³/mol. The Bertz CT molecular complexity index is 253. The smallest absolute Gasteiger partial charge is 0.191 e. The highest BCUT2D eigenvalue weighted by Crippen LogP contribution is 2.14. The molecule has 4 heteroatoms. The number of likely N-dealkylation sites (tertiary alicyclic amines) is 1. The first-order valence-electron chi connectivity index (χ1n) is 6.47. The lowest BCUT2D eigenvalue weighted by molar-refractivity contribution is 0.146. The van der Waals surface area contributed by atoms with Crippen molar-refractivity contribution in [3.05, 3.63) is 12.7 Å². The van der Waals surface area contributed by atoms with Gasteiger partial charge in [0.25, 0.3) is 0 Å². The lowest BCUT2D eigenvalue weighted by atomic mass is 10.0. The highest BCUT2D eigenvalue weighted by molar-refractivity contribution is 5.78. The van der Waals surface area contributed by atoms with Gasteiger partial charge < -0.3 is 15.4 Å². The minimum absolute atomic E-state index is 0.637. The number of ether oxygens (including phenoxy) is 1. The molecule has 0 saturated carbocycles. The molecule has 1 aliphatic heterocycles. The second-order valence-corrected chi connectivity index (χ2v) is 4.62. The second kappa shape index (κ2) is 8.12. The quantitative estimate of drug-likeness (QED) is 0.332. The Balaban J connectivity index is 2.17. The van der Waals surface area contributed by atoms with Crippen LogP contribution < -0.4 is 5.73 Å². The summed E-state index contributed by atoms with van der Waals surface area (Å²) in [4.78, 5) is 6.53. The second-order valence-electron chi connectivity index (χ2n) is 4.62. The van der Waals surface area contributed by atoms with Gasteiger partial charge in [-0.15, -0.1) is 6.58 Å². The molecule has 1 atom stereocenters. The summed E-state index contributed by atoms with van der Waals surface area (Å²) in [5.41, 5.74) is 5.96. The zero-order chi connectivity index (χ0) is 12.5. The van der Waals surface area contributed by atoms with E-state index in [9.17, 15) is 0 Å². The zero-order valence-electron chi connectivity index (χ0n) is 10.9. The van der Waals surface area contributed by atoms with Crippen molar-refractivity contribution in [2.45, 2.75) is 26.2 Å². The molecule has 0 aliphatic carbocycles. The molecule has 0 spiro atoms. The number of hydrogen-bond donors (Lipinski definition) is 1. The standard InChI is InChI=1S/C13H25N3O/c1-3-4-9-17-10-7-15-13(14)16-8-5-6-12(2)11-16/h3,12H,1,4-11H2,2H3,(H2,14,15)/t12-/m1/s1. The van der Waals surface area contributed by atoms with Gasteiger partial charge in [0.15, 0.2) is 5.96 Å². The van der Waals surface area contributed by atoms with Gasteiger partial charge in [0.2, 0.25) is 0 Å². The van der Waals surface area contributed by atoms with E-state index in [1.54, 1.807) is 0 Å². The monoisotopic (exact) mass is 239 g/mol. The van der Waals surface area contributed by atoms with Crippen molar-refractivity contribution >= 4 is 5.96 Å². The molecule has 1 heterocycles. The molecule has 4 nitrogen and oxygen atoms in total. The van der Waals surface area contributed by atoms with Crippen LogP contribution in [0.5, 0.6) is 0 Å². The van der Waals surface area contributed by atoms with E-state index in [2.05, 4.69) is 23.4 Å². The van der Waals surface area contributed by atoms with Gasteiger partial charge in [0.05, 0.1) is 19.8 Å². The Kier molecular flexibility index (Phi) is 6.70. The Morgan fingerprint density at radius 2 is 2.41 bits per heavy atom. The first-order valence-corrected chi connectivity index (χ1v) is 6.47. The number of nitrogens with two attached hydrogens (primary N) is 1. The SMILES string of the molecule is C=CCCOCCN=C(N)N1CCC[C@@H](C)C1. The fraction of sp³-hybridized carbons (Fsp3) is 0.769. The highest BCUT2D eigenvalue weighted by Gasteiger charge is 2.17. The highest BCUT2D eigenvalue weighted by atomic mass is 16.5. The topological polar surface area (TPSA) is 50.9 Å². The van der Waals surface area contributed by atoms with E-state index >= 15 is 0 Å². The van der Waals surface area contributed by atoms with Gasteiger partial charge in [-0.2, -0.15) is 0 Å². The third-order valence-corrected chi connectivity index (χ3v) is 2.96. The molecule has 0 aromatic carbocycles. The van der Waals surface area contributed by atoms with Gasteiger partial charge in [-0.1, -0.05) is 13.0 Å². The molecule has 1 rings (SSSR count). The maximum absolute atomic E-state index is 5.96. The molecular weight excluding hydrogens is 214 g/mol. The molecule has 98 valence electrons. The van der Waals surface area contributed by atoms with Crippen molar-refractivity contribution in [2.24, 2.45) is 16.6 Å². The summed E-state index contributed by atoms with van der Waals surface area (Å²) in [6.07, 6.45) is 5.26. The van der Waals surface area contributed by atoms with Crippen LogP contribution in [0.25, 0.3) is 0 Å². The van der Waals surface area contributed by atoms with Crippen molar-refractivity contribution in [3.63, 3.8) is 0 Å². The van der Waals surface area contributed by atoms with E-state index in [-0.39, 0.29) is 0 Å². The fourth-order valence-corrected chi connectivity index (χ4v) is 1.99. The summed E-state index contributed by atoms with van der Waals surface area (Å²) in [5.74, 6) is 1.39. The molecule has 17 heavy (non-hydrogen) atoms. The van der Waals surface area contributed by atoms with Crippen LogP contribution in [0.2, 0.25) is 0 Å². The molecule has 1 saturated heterocycles. The van der Waals surface area contributed by atoms with E-state index in [4.69, 9.17) is 10.5 Å². The summed E-state index contributed by atoms with van der Waals surface area (Å²) >= 11 is 0. The largest absolute Gasteiger partial charge is 0.379 e. The van der Waals surface area contributed by atoms with Crippen molar-refractivity contribution in [3.8, 4) is 0 Å². The third kappa shape index (κ3) is 5.73. The van der Waals surface area contributed by atoms with Gasteiger partial charge >= 0.3 is 0 Å². The lowest BCUT2D eigenvalue weighted by Gasteiger charge is -2.31. The zero-order valence-corrected chi connectivity index (χ0v) is 10.9. The third-order valence-electron chi connectivity index (χ3n) is 2.96. The van der Waals surface area contributed by atoms with Crippen LogP contribution in [-0.4, -0.2) is 43.7 Å². The van der Waals surface area contributed by atoms with Crippen molar-refractivity contribution < 1.29 is 4.74 Å². The number of guanidine groups is 1. The minimum atomic E-state index is 0.637. The van der Waals surface area contributed by atoms with Gasteiger partial charge in [0, 0.05) is 13.1 Å². The number of nitrogens with zero attached hydrogens (tertiary/aromatic N) is 2. The first-order chi connectivity index (χ1) is 8.24. The molecule has 0 radical (unpaired) electrons. The van der Waals surface area contributed by atoms with Crippen LogP contribution >= 0.6 is 0 Å². The summed E-state index contributed by atoms with van der Waals surface area (Å²) in [6, 6.07) is 0. The summed E-state index contributed by atoms with van der Waals surface area (Å²) in [5, 5.41) is 0.